The van der Waals surface area contributed by atoms with E-state index in [1.165, 1.54) is 0 Å². The van der Waals surface area contributed by atoms with Crippen LogP contribution in [0.5, 0.6) is 0 Å². The summed E-state index contributed by atoms with van der Waals surface area (Å²) < 4.78 is 0. The van der Waals surface area contributed by atoms with Crippen molar-refractivity contribution in [1.82, 2.24) is 10.2 Å². The van der Waals surface area contributed by atoms with Crippen LogP contribution in [0.4, 0.5) is 0 Å². The molecule has 5 nitrogen and oxygen atoms in total. The van der Waals surface area contributed by atoms with Gasteiger partial charge in [0.25, 0.3) is 0 Å². The molecule has 0 radical (unpaired) electrons. The molecule has 2 fully saturated rings. The van der Waals surface area contributed by atoms with Crippen LogP contribution in [0.25, 0.3) is 0 Å². The molecule has 0 spiro atoms. The summed E-state index contributed by atoms with van der Waals surface area (Å²) in [4.78, 5) is 27.8. The molecule has 0 saturated carbocycles. The fourth-order valence-electron chi connectivity index (χ4n) is 4.18. The van der Waals surface area contributed by atoms with Gasteiger partial charge in [-0.05, 0) is 11.1 Å². The quantitative estimate of drug-likeness (QED) is 0.873. The maximum atomic E-state index is 13.1. The number of nitrogens with zero attached hydrogens (tertiary/aromatic N) is 1. The first-order chi connectivity index (χ1) is 12.6. The van der Waals surface area contributed by atoms with Crippen molar-refractivity contribution in [3.8, 4) is 0 Å². The van der Waals surface area contributed by atoms with Gasteiger partial charge in [-0.2, -0.15) is 0 Å². The fourth-order valence-corrected chi connectivity index (χ4v) is 4.18. The minimum Gasteiger partial charge on any atom is -0.391 e. The van der Waals surface area contributed by atoms with Crippen molar-refractivity contribution in [3.05, 3.63) is 71.8 Å². The minimum absolute atomic E-state index is 0.110. The van der Waals surface area contributed by atoms with Crippen LogP contribution in [0.1, 0.15) is 17.5 Å². The second-order valence-electron chi connectivity index (χ2n) is 7.22. The van der Waals surface area contributed by atoms with Crippen molar-refractivity contribution < 1.29 is 14.7 Å². The predicted molar refractivity (Wildman–Crippen MR) is 97.3 cm³/mol. The number of hydrogen-bond acceptors (Lipinski definition) is 3. The number of carbonyl (C=O) groups is 2. The number of nitrogens with one attached hydrogen (secondary N) is 1. The third kappa shape index (κ3) is 2.88. The van der Waals surface area contributed by atoms with Gasteiger partial charge >= 0.3 is 0 Å². The van der Waals surface area contributed by atoms with E-state index in [-0.39, 0.29) is 24.8 Å². The molecule has 2 saturated heterocycles. The van der Waals surface area contributed by atoms with E-state index >= 15 is 0 Å². The molecule has 2 amide bonds. The summed E-state index contributed by atoms with van der Waals surface area (Å²) in [6.07, 6.45) is 0.473. The summed E-state index contributed by atoms with van der Waals surface area (Å²) in [6.45, 7) is 0.213. The maximum absolute atomic E-state index is 13.1. The second-order valence-corrected chi connectivity index (χ2v) is 7.22. The topological polar surface area (TPSA) is 69.6 Å². The number of carbonyl (C=O) groups excluding carboxylic acids is 2. The number of β-amino-alcohol motifs (C(OH)–C–C–N with tert-alkyl or cyclic N) is 1. The largest absolute Gasteiger partial charge is 0.391 e. The summed E-state index contributed by atoms with van der Waals surface area (Å²) in [5, 5.41) is 13.2. The Kier molecular flexibility index (Phi) is 4.24. The number of hydrogen-bond donors (Lipinski definition) is 2. The molecule has 134 valence electrons. The molecule has 2 aliphatic heterocycles. The van der Waals surface area contributed by atoms with Crippen LogP contribution in [0.15, 0.2) is 60.7 Å². The van der Waals surface area contributed by atoms with Gasteiger partial charge in [-0.1, -0.05) is 60.7 Å². The molecule has 26 heavy (non-hydrogen) atoms. The Balaban J connectivity index is 1.62. The van der Waals surface area contributed by atoms with Gasteiger partial charge in [0, 0.05) is 25.8 Å². The average molecular weight is 350 g/mol. The van der Waals surface area contributed by atoms with Crippen LogP contribution in [0.3, 0.4) is 0 Å². The van der Waals surface area contributed by atoms with E-state index in [1.807, 2.05) is 60.7 Å². The Bertz CT molecular complexity index is 807. The summed E-state index contributed by atoms with van der Waals surface area (Å²) >= 11 is 0. The lowest BCUT2D eigenvalue weighted by Crippen LogP contribution is -2.69. The van der Waals surface area contributed by atoms with Gasteiger partial charge < -0.3 is 15.3 Å². The van der Waals surface area contributed by atoms with Crippen LogP contribution < -0.4 is 5.32 Å². The van der Waals surface area contributed by atoms with Crippen LogP contribution >= 0.6 is 0 Å². The highest BCUT2D eigenvalue weighted by Crippen LogP contribution is 2.36. The van der Waals surface area contributed by atoms with Crippen LogP contribution in [0.2, 0.25) is 0 Å². The van der Waals surface area contributed by atoms with Gasteiger partial charge in [-0.25, -0.2) is 0 Å². The van der Waals surface area contributed by atoms with Gasteiger partial charge in [0.15, 0.2) is 0 Å². The normalized spacial score (nSPS) is 28.0. The molecular weight excluding hydrogens is 328 g/mol. The van der Waals surface area contributed by atoms with E-state index < -0.39 is 17.7 Å². The molecule has 4 rings (SSSR count). The van der Waals surface area contributed by atoms with E-state index in [1.54, 1.807) is 4.90 Å². The molecule has 2 aromatic rings. The predicted octanol–water partition coefficient (Wildman–Crippen LogP) is 1.30. The Morgan fingerprint density at radius 3 is 2.27 bits per heavy atom. The number of rotatable bonds is 4. The molecule has 5 heteroatoms. The van der Waals surface area contributed by atoms with Crippen LogP contribution in [0, 0.1) is 0 Å². The lowest BCUT2D eigenvalue weighted by molar-refractivity contribution is -0.154. The lowest BCUT2D eigenvalue weighted by Gasteiger charge is -2.44. The van der Waals surface area contributed by atoms with Gasteiger partial charge in [-0.3, -0.25) is 9.59 Å². The van der Waals surface area contributed by atoms with Gasteiger partial charge in [-0.15, -0.1) is 0 Å². The summed E-state index contributed by atoms with van der Waals surface area (Å²) in [5.74, 6) is -0.278. The molecule has 2 heterocycles. The fraction of sp³-hybridized carbons (Fsp3) is 0.333. The van der Waals surface area contributed by atoms with Crippen molar-refractivity contribution in [2.45, 2.75) is 36.9 Å². The number of amides is 2. The van der Waals surface area contributed by atoms with Crippen molar-refractivity contribution >= 4 is 11.8 Å². The van der Waals surface area contributed by atoms with Gasteiger partial charge in [0.05, 0.1) is 6.10 Å². The Morgan fingerprint density at radius 2 is 1.62 bits per heavy atom. The second kappa shape index (κ2) is 6.57. The zero-order valence-electron chi connectivity index (χ0n) is 14.5. The van der Waals surface area contributed by atoms with E-state index in [0.29, 0.717) is 12.8 Å². The molecule has 2 aromatic carbocycles. The van der Waals surface area contributed by atoms with Gasteiger partial charge in [0.2, 0.25) is 11.8 Å². The highest BCUT2D eigenvalue weighted by molar-refractivity contribution is 6.00. The van der Waals surface area contributed by atoms with Crippen molar-refractivity contribution in [1.29, 1.82) is 0 Å². The molecule has 0 aromatic heterocycles. The zero-order chi connectivity index (χ0) is 18.1. The molecular formula is C21H22N2O3. The molecule has 2 aliphatic rings. The molecule has 0 bridgehead atoms. The highest BCUT2D eigenvalue weighted by Gasteiger charge is 2.57. The Hall–Kier alpha value is -2.66. The van der Waals surface area contributed by atoms with Gasteiger partial charge in [0.1, 0.15) is 11.6 Å². The lowest BCUT2D eigenvalue weighted by atomic mass is 9.83. The maximum Gasteiger partial charge on any atom is 0.247 e. The van der Waals surface area contributed by atoms with E-state index in [9.17, 15) is 14.7 Å². The highest BCUT2D eigenvalue weighted by atomic mass is 16.3. The first kappa shape index (κ1) is 16.8. The van der Waals surface area contributed by atoms with Crippen molar-refractivity contribution in [2.75, 3.05) is 6.54 Å². The average Bonchev–Trinajstić information content (AvgIpc) is 2.99. The molecule has 2 N–H and O–H groups in total. The van der Waals surface area contributed by atoms with Crippen molar-refractivity contribution in [2.24, 2.45) is 0 Å². The number of aliphatic hydroxyl groups is 1. The standard InChI is InChI=1S/C21H22N2O3/c24-17-13-21(12-16-9-5-2-6-10-16)20(26)22-18(19(25)23(21)14-17)11-15-7-3-1-4-8-15/h1-10,17-18,24H,11-14H2,(H,22,26)/t17-,18?,21?/m1/s1. The number of fused-ring (bicyclic) bond motifs is 1. The molecule has 0 aliphatic carbocycles. The minimum atomic E-state index is -0.995. The van der Waals surface area contributed by atoms with E-state index in [2.05, 4.69) is 5.32 Å². The Morgan fingerprint density at radius 1 is 1.00 bits per heavy atom. The molecule has 3 atom stereocenters. The Labute approximate surface area is 152 Å². The van der Waals surface area contributed by atoms with E-state index in [0.717, 1.165) is 11.1 Å². The first-order valence-electron chi connectivity index (χ1n) is 8.97. The third-order valence-electron chi connectivity index (χ3n) is 5.40. The summed E-state index contributed by atoms with van der Waals surface area (Å²) in [7, 11) is 0. The summed E-state index contributed by atoms with van der Waals surface area (Å²) in [5.41, 5.74) is 0.989. The first-order valence-corrected chi connectivity index (χ1v) is 8.97. The van der Waals surface area contributed by atoms with Crippen LogP contribution in [-0.2, 0) is 22.4 Å². The monoisotopic (exact) mass is 350 g/mol. The number of benzene rings is 2. The summed E-state index contributed by atoms with van der Waals surface area (Å²) in [6, 6.07) is 18.7. The van der Waals surface area contributed by atoms with Crippen LogP contribution in [-0.4, -0.2) is 46.1 Å². The number of piperazine rings is 1. The van der Waals surface area contributed by atoms with E-state index in [4.69, 9.17) is 0 Å². The third-order valence-corrected chi connectivity index (χ3v) is 5.40. The SMILES string of the molecule is O=C1C(Cc2ccccc2)NC(=O)C2(Cc3ccccc3)C[C@@H](O)CN12. The number of aliphatic hydroxyl groups excluding tert-OH is 1. The zero-order valence-corrected chi connectivity index (χ0v) is 14.5. The smallest absolute Gasteiger partial charge is 0.247 e. The van der Waals surface area contributed by atoms with Crippen molar-refractivity contribution in [3.63, 3.8) is 0 Å². The molecule has 2 unspecified atom stereocenters.